The molecule has 0 spiro atoms. The standard InChI is InChI=1S/C11H25N3O2S/c1-11(2,3)7-6-8-13-10(14(4)5)9-17(12,15)16/h9,13H,6-8H2,1-5H3,(H2,12,15,16)/b10-9-. The Morgan fingerprint density at radius 1 is 1.35 bits per heavy atom. The summed E-state index contributed by atoms with van der Waals surface area (Å²) in [6, 6.07) is 0. The quantitative estimate of drug-likeness (QED) is 0.702. The molecule has 0 saturated heterocycles. The lowest BCUT2D eigenvalue weighted by Gasteiger charge is -2.21. The summed E-state index contributed by atoms with van der Waals surface area (Å²) in [5.41, 5.74) is 0.295. The molecule has 0 heterocycles. The van der Waals surface area contributed by atoms with E-state index in [1.165, 1.54) is 0 Å². The zero-order valence-electron chi connectivity index (χ0n) is 11.4. The van der Waals surface area contributed by atoms with Crippen LogP contribution in [0.5, 0.6) is 0 Å². The van der Waals surface area contributed by atoms with Gasteiger partial charge in [0.05, 0.1) is 5.41 Å². The summed E-state index contributed by atoms with van der Waals surface area (Å²) in [6.07, 6.45) is 2.06. The highest BCUT2D eigenvalue weighted by molar-refractivity contribution is 7.92. The number of hydrogen-bond acceptors (Lipinski definition) is 4. The van der Waals surface area contributed by atoms with Crippen molar-refractivity contribution in [3.63, 3.8) is 0 Å². The van der Waals surface area contributed by atoms with Gasteiger partial charge < -0.3 is 10.2 Å². The first kappa shape index (κ1) is 16.2. The van der Waals surface area contributed by atoms with Gasteiger partial charge in [-0.05, 0) is 18.3 Å². The van der Waals surface area contributed by atoms with Crippen molar-refractivity contribution in [1.82, 2.24) is 10.2 Å². The summed E-state index contributed by atoms with van der Waals surface area (Å²) in [4.78, 5) is 1.70. The average molecular weight is 263 g/mol. The zero-order valence-corrected chi connectivity index (χ0v) is 12.3. The summed E-state index contributed by atoms with van der Waals surface area (Å²) < 4.78 is 21.9. The van der Waals surface area contributed by atoms with Crippen LogP contribution < -0.4 is 10.5 Å². The molecular formula is C11H25N3O2S. The summed E-state index contributed by atoms with van der Waals surface area (Å²) >= 11 is 0. The second-order valence-electron chi connectivity index (χ2n) is 5.58. The van der Waals surface area contributed by atoms with Crippen LogP contribution in [0.1, 0.15) is 33.6 Å². The SMILES string of the molecule is CN(C)/C(=C\S(N)(=O)=O)NCCCC(C)(C)C. The predicted octanol–water partition coefficient (Wildman–Crippen LogP) is 1.05. The molecule has 0 fully saturated rings. The first-order valence-electron chi connectivity index (χ1n) is 5.67. The molecule has 3 N–H and O–H groups in total. The highest BCUT2D eigenvalue weighted by atomic mass is 32.2. The number of nitrogens with two attached hydrogens (primary N) is 1. The number of primary sulfonamides is 1. The molecule has 0 bridgehead atoms. The van der Waals surface area contributed by atoms with Crippen LogP contribution in [0.15, 0.2) is 11.2 Å². The highest BCUT2D eigenvalue weighted by Gasteiger charge is 2.10. The van der Waals surface area contributed by atoms with Crippen molar-refractivity contribution in [3.8, 4) is 0 Å². The second kappa shape index (κ2) is 6.26. The first-order valence-corrected chi connectivity index (χ1v) is 7.28. The van der Waals surface area contributed by atoms with Crippen LogP contribution in [-0.4, -0.2) is 34.0 Å². The van der Waals surface area contributed by atoms with Crippen molar-refractivity contribution in [2.45, 2.75) is 33.6 Å². The molecule has 0 saturated carbocycles. The molecule has 0 aromatic carbocycles. The van der Waals surface area contributed by atoms with Crippen molar-refractivity contribution < 1.29 is 8.42 Å². The molecule has 0 aliphatic rings. The maximum atomic E-state index is 11.0. The third kappa shape index (κ3) is 10.1. The van der Waals surface area contributed by atoms with Gasteiger partial charge in [0.25, 0.3) is 0 Å². The van der Waals surface area contributed by atoms with E-state index < -0.39 is 10.0 Å². The molecule has 0 amide bonds. The summed E-state index contributed by atoms with van der Waals surface area (Å²) in [5.74, 6) is 0.515. The van der Waals surface area contributed by atoms with Crippen LogP contribution in [0, 0.1) is 5.41 Å². The van der Waals surface area contributed by atoms with Crippen molar-refractivity contribution in [1.29, 1.82) is 0 Å². The molecule has 0 unspecified atom stereocenters. The van der Waals surface area contributed by atoms with Gasteiger partial charge in [-0.15, -0.1) is 0 Å². The van der Waals surface area contributed by atoms with Crippen LogP contribution in [0.3, 0.4) is 0 Å². The van der Waals surface area contributed by atoms with E-state index in [1.807, 2.05) is 0 Å². The molecule has 0 atom stereocenters. The Morgan fingerprint density at radius 3 is 2.24 bits per heavy atom. The Bertz CT molecular complexity index is 353. The normalized spacial score (nSPS) is 13.6. The van der Waals surface area contributed by atoms with Gasteiger partial charge in [-0.1, -0.05) is 20.8 Å². The number of hydrogen-bond donors (Lipinski definition) is 2. The van der Waals surface area contributed by atoms with Gasteiger partial charge in [0.15, 0.2) is 0 Å². The highest BCUT2D eigenvalue weighted by Crippen LogP contribution is 2.19. The van der Waals surface area contributed by atoms with Crippen LogP contribution in [0.25, 0.3) is 0 Å². The van der Waals surface area contributed by atoms with Crippen LogP contribution >= 0.6 is 0 Å². The van der Waals surface area contributed by atoms with Gasteiger partial charge in [0, 0.05) is 20.6 Å². The smallest absolute Gasteiger partial charge is 0.234 e. The lowest BCUT2D eigenvalue weighted by Crippen LogP contribution is -2.28. The van der Waals surface area contributed by atoms with E-state index >= 15 is 0 Å². The van der Waals surface area contributed by atoms with Crippen molar-refractivity contribution in [2.75, 3.05) is 20.6 Å². The number of nitrogens with one attached hydrogen (secondary N) is 1. The lowest BCUT2D eigenvalue weighted by molar-refractivity contribution is 0.358. The van der Waals surface area contributed by atoms with Crippen LogP contribution in [0.2, 0.25) is 0 Å². The minimum Gasteiger partial charge on any atom is -0.371 e. The van der Waals surface area contributed by atoms with Crippen LogP contribution in [0.4, 0.5) is 0 Å². The Morgan fingerprint density at radius 2 is 1.88 bits per heavy atom. The minimum atomic E-state index is -3.60. The zero-order chi connectivity index (χ0) is 13.7. The van der Waals surface area contributed by atoms with Gasteiger partial charge in [-0.25, -0.2) is 13.6 Å². The molecule has 102 valence electrons. The molecule has 5 nitrogen and oxygen atoms in total. The number of rotatable bonds is 6. The molecule has 0 aliphatic carbocycles. The van der Waals surface area contributed by atoms with Gasteiger partial charge in [0.2, 0.25) is 10.0 Å². The maximum Gasteiger partial charge on any atom is 0.234 e. The minimum absolute atomic E-state index is 0.295. The fourth-order valence-electron chi connectivity index (χ4n) is 1.30. The summed E-state index contributed by atoms with van der Waals surface area (Å²) in [6.45, 7) is 7.27. The van der Waals surface area contributed by atoms with E-state index in [9.17, 15) is 8.42 Å². The summed E-state index contributed by atoms with van der Waals surface area (Å²) in [5, 5.41) is 9.10. The van der Waals surface area contributed by atoms with Gasteiger partial charge in [-0.2, -0.15) is 0 Å². The van der Waals surface area contributed by atoms with Gasteiger partial charge in [-0.3, -0.25) is 0 Å². The molecule has 6 heteroatoms. The second-order valence-corrected chi connectivity index (χ2v) is 6.99. The Balaban J connectivity index is 4.28. The van der Waals surface area contributed by atoms with Crippen LogP contribution in [-0.2, 0) is 10.0 Å². The third-order valence-electron chi connectivity index (χ3n) is 2.17. The molecule has 0 aromatic heterocycles. The average Bonchev–Trinajstić information content (AvgIpc) is 2.06. The molecule has 0 rings (SSSR count). The van der Waals surface area contributed by atoms with E-state index in [2.05, 4.69) is 26.1 Å². The number of nitrogens with zero attached hydrogens (tertiary/aromatic N) is 1. The molecule has 17 heavy (non-hydrogen) atoms. The fourth-order valence-corrected chi connectivity index (χ4v) is 1.90. The molecule has 0 aromatic rings. The summed E-state index contributed by atoms with van der Waals surface area (Å²) in [7, 11) is -0.0569. The van der Waals surface area contributed by atoms with E-state index in [4.69, 9.17) is 5.14 Å². The van der Waals surface area contributed by atoms with E-state index in [0.29, 0.717) is 11.2 Å². The predicted molar refractivity (Wildman–Crippen MR) is 71.6 cm³/mol. The number of sulfonamides is 1. The topological polar surface area (TPSA) is 75.4 Å². The largest absolute Gasteiger partial charge is 0.371 e. The molecular weight excluding hydrogens is 238 g/mol. The van der Waals surface area contributed by atoms with Gasteiger partial charge >= 0.3 is 0 Å². The Labute approximate surface area is 105 Å². The molecule has 0 radical (unpaired) electrons. The Hall–Kier alpha value is -0.750. The first-order chi connectivity index (χ1) is 7.51. The van der Waals surface area contributed by atoms with Crippen molar-refractivity contribution in [2.24, 2.45) is 10.6 Å². The lowest BCUT2D eigenvalue weighted by atomic mass is 9.91. The van der Waals surface area contributed by atoms with Crippen molar-refractivity contribution >= 4 is 10.0 Å². The maximum absolute atomic E-state index is 11.0. The fraction of sp³-hybridized carbons (Fsp3) is 0.818. The van der Waals surface area contributed by atoms with E-state index in [1.54, 1.807) is 19.0 Å². The van der Waals surface area contributed by atoms with E-state index in [-0.39, 0.29) is 0 Å². The Kier molecular flexibility index (Phi) is 5.98. The monoisotopic (exact) mass is 263 g/mol. The van der Waals surface area contributed by atoms with Crippen molar-refractivity contribution in [3.05, 3.63) is 11.2 Å². The van der Waals surface area contributed by atoms with E-state index in [0.717, 1.165) is 24.8 Å². The molecule has 0 aliphatic heterocycles. The third-order valence-corrected chi connectivity index (χ3v) is 2.72. The van der Waals surface area contributed by atoms with Gasteiger partial charge in [0.1, 0.15) is 5.82 Å².